The van der Waals surface area contributed by atoms with Gasteiger partial charge in [-0.1, -0.05) is 11.6 Å². The summed E-state index contributed by atoms with van der Waals surface area (Å²) in [7, 11) is 0. The molecule has 0 N–H and O–H groups in total. The van der Waals surface area contributed by atoms with E-state index in [9.17, 15) is 4.79 Å². The number of ether oxygens (including phenoxy) is 1. The van der Waals surface area contributed by atoms with Gasteiger partial charge in [-0.3, -0.25) is 0 Å². The number of hydrogen-bond acceptors (Lipinski definition) is 3. The van der Waals surface area contributed by atoms with E-state index in [2.05, 4.69) is 9.72 Å². The van der Waals surface area contributed by atoms with E-state index in [1.807, 2.05) is 0 Å². The summed E-state index contributed by atoms with van der Waals surface area (Å²) in [5, 5.41) is 0.113. The van der Waals surface area contributed by atoms with Gasteiger partial charge in [-0.15, -0.1) is 0 Å². The van der Waals surface area contributed by atoms with Gasteiger partial charge in [-0.25, -0.2) is 9.78 Å². The van der Waals surface area contributed by atoms with E-state index in [1.165, 1.54) is 12.3 Å². The molecule has 1 aromatic rings. The highest BCUT2D eigenvalue weighted by Crippen LogP contribution is 2.20. The maximum absolute atomic E-state index is 10.2. The van der Waals surface area contributed by atoms with Gasteiger partial charge in [0.25, 0.3) is 0 Å². The fraction of sp³-hybridized carbons (Fsp3) is 0. The molecule has 5 heteroatoms. The molecule has 0 aliphatic carbocycles. The van der Waals surface area contributed by atoms with Crippen LogP contribution in [0.15, 0.2) is 18.3 Å². The monoisotopic (exact) mass is 191 g/mol. The third-order valence-corrected chi connectivity index (χ3v) is 1.28. The molecule has 0 radical (unpaired) electrons. The Morgan fingerprint density at radius 1 is 1.64 bits per heavy atom. The van der Waals surface area contributed by atoms with E-state index in [-0.39, 0.29) is 10.9 Å². The molecule has 1 rings (SSSR count). The molecule has 0 aliphatic rings. The maximum atomic E-state index is 10.2. The Morgan fingerprint density at radius 3 is 2.91 bits per heavy atom. The average molecular weight is 192 g/mol. The maximum Gasteiger partial charge on any atom is 0.409 e. The van der Waals surface area contributed by atoms with E-state index in [0.29, 0.717) is 0 Å². The van der Waals surface area contributed by atoms with Gasteiger partial charge >= 0.3 is 5.43 Å². The van der Waals surface area contributed by atoms with Gasteiger partial charge in [0.15, 0.2) is 10.9 Å². The second-order valence-electron chi connectivity index (χ2n) is 1.63. The van der Waals surface area contributed by atoms with E-state index in [0.717, 1.165) is 0 Å². The summed E-state index contributed by atoms with van der Waals surface area (Å²) in [4.78, 5) is 13.9. The number of pyridine rings is 1. The van der Waals surface area contributed by atoms with E-state index < -0.39 is 5.43 Å². The lowest BCUT2D eigenvalue weighted by Gasteiger charge is -1.98. The molecule has 0 atom stereocenters. The third-order valence-electron chi connectivity index (χ3n) is 0.915. The largest absolute Gasteiger partial charge is 0.411 e. The molecular formula is C6H3Cl2NO2. The molecule has 0 amide bonds. The highest BCUT2D eigenvalue weighted by atomic mass is 35.5. The zero-order chi connectivity index (χ0) is 8.27. The molecular weight excluding hydrogens is 189 g/mol. The van der Waals surface area contributed by atoms with Gasteiger partial charge in [0.05, 0.1) is 0 Å². The molecule has 0 saturated heterocycles. The van der Waals surface area contributed by atoms with Crippen molar-refractivity contribution in [1.29, 1.82) is 0 Å². The molecule has 0 aliphatic heterocycles. The van der Waals surface area contributed by atoms with Crippen LogP contribution < -0.4 is 4.74 Å². The first-order chi connectivity index (χ1) is 5.20. The predicted octanol–water partition coefficient (Wildman–Crippen LogP) is 2.47. The van der Waals surface area contributed by atoms with Crippen molar-refractivity contribution < 1.29 is 9.53 Å². The quantitative estimate of drug-likeness (QED) is 0.506. The van der Waals surface area contributed by atoms with Crippen LogP contribution in [0.5, 0.6) is 5.75 Å². The minimum atomic E-state index is -0.931. The average Bonchev–Trinajstić information content (AvgIpc) is 1.93. The minimum Gasteiger partial charge on any atom is -0.411 e. The van der Waals surface area contributed by atoms with Gasteiger partial charge in [0.2, 0.25) is 0 Å². The van der Waals surface area contributed by atoms with Crippen molar-refractivity contribution in [3.05, 3.63) is 23.5 Å². The Hall–Kier alpha value is -0.800. The van der Waals surface area contributed by atoms with Crippen LogP contribution in [0.1, 0.15) is 0 Å². The fourth-order valence-corrected chi connectivity index (χ4v) is 0.775. The van der Waals surface area contributed by atoms with Crippen LogP contribution in [-0.4, -0.2) is 10.4 Å². The minimum absolute atomic E-state index is 0.113. The van der Waals surface area contributed by atoms with Gasteiger partial charge < -0.3 is 4.74 Å². The van der Waals surface area contributed by atoms with Crippen molar-refractivity contribution in [2.75, 3.05) is 0 Å². The molecule has 58 valence electrons. The van der Waals surface area contributed by atoms with Crippen molar-refractivity contribution in [1.82, 2.24) is 4.98 Å². The number of hydrogen-bond donors (Lipinski definition) is 0. The summed E-state index contributed by atoms with van der Waals surface area (Å²) in [5.41, 5.74) is -0.931. The van der Waals surface area contributed by atoms with Gasteiger partial charge in [0, 0.05) is 17.8 Å². The number of carbonyl (C=O) groups excluding carboxylic acids is 1. The molecule has 0 fully saturated rings. The van der Waals surface area contributed by atoms with E-state index in [1.54, 1.807) is 6.07 Å². The van der Waals surface area contributed by atoms with E-state index in [4.69, 9.17) is 23.2 Å². The van der Waals surface area contributed by atoms with Crippen molar-refractivity contribution in [3.8, 4) is 5.75 Å². The summed E-state index contributed by atoms with van der Waals surface area (Å²) in [6.07, 6.45) is 1.48. The predicted molar refractivity (Wildman–Crippen MR) is 41.1 cm³/mol. The van der Waals surface area contributed by atoms with Crippen LogP contribution in [0.4, 0.5) is 4.79 Å². The first-order valence-corrected chi connectivity index (χ1v) is 3.43. The lowest BCUT2D eigenvalue weighted by molar-refractivity contribution is 0.225. The lowest BCUT2D eigenvalue weighted by atomic mass is 10.5. The topological polar surface area (TPSA) is 39.2 Å². The van der Waals surface area contributed by atoms with Gasteiger partial charge in [-0.2, -0.15) is 0 Å². The summed E-state index contributed by atoms with van der Waals surface area (Å²) in [6.45, 7) is 0. The van der Waals surface area contributed by atoms with Crippen LogP contribution in [0.25, 0.3) is 0 Å². The van der Waals surface area contributed by atoms with Crippen molar-refractivity contribution in [2.45, 2.75) is 0 Å². The Balaban J connectivity index is 2.86. The van der Waals surface area contributed by atoms with Crippen molar-refractivity contribution in [3.63, 3.8) is 0 Å². The fourth-order valence-electron chi connectivity index (χ4n) is 0.534. The number of rotatable bonds is 1. The molecule has 0 bridgehead atoms. The van der Waals surface area contributed by atoms with Gasteiger partial charge in [0.1, 0.15) is 0 Å². The molecule has 0 spiro atoms. The third kappa shape index (κ3) is 2.37. The Morgan fingerprint density at radius 2 is 2.36 bits per heavy atom. The van der Waals surface area contributed by atoms with Crippen LogP contribution in [-0.2, 0) is 0 Å². The molecule has 0 aromatic carbocycles. The van der Waals surface area contributed by atoms with Crippen molar-refractivity contribution in [2.24, 2.45) is 0 Å². The number of halogens is 2. The Labute approximate surface area is 72.9 Å². The smallest absolute Gasteiger partial charge is 0.409 e. The second-order valence-corrected chi connectivity index (χ2v) is 2.30. The number of nitrogens with zero attached hydrogens (tertiary/aromatic N) is 1. The van der Waals surface area contributed by atoms with E-state index >= 15 is 0 Å². The molecule has 1 heterocycles. The SMILES string of the molecule is O=C(Cl)Oc1cccnc1Cl. The standard InChI is InChI=1S/C6H3Cl2NO2/c7-5-4(11-6(8)10)2-1-3-9-5/h1-3H. The first-order valence-electron chi connectivity index (χ1n) is 2.68. The summed E-state index contributed by atoms with van der Waals surface area (Å²) < 4.78 is 4.48. The lowest BCUT2D eigenvalue weighted by Crippen LogP contribution is -1.96. The molecule has 3 nitrogen and oxygen atoms in total. The molecule has 1 aromatic heterocycles. The summed E-state index contributed by atoms with van der Waals surface area (Å²) in [6, 6.07) is 3.08. The zero-order valence-electron chi connectivity index (χ0n) is 5.25. The summed E-state index contributed by atoms with van der Waals surface area (Å²) in [5.74, 6) is 0.161. The van der Waals surface area contributed by atoms with Crippen LogP contribution in [0, 0.1) is 0 Å². The highest BCUT2D eigenvalue weighted by molar-refractivity contribution is 6.61. The van der Waals surface area contributed by atoms with Crippen LogP contribution >= 0.6 is 23.2 Å². The number of aromatic nitrogens is 1. The number of carbonyl (C=O) groups is 1. The first kappa shape index (κ1) is 8.30. The second kappa shape index (κ2) is 3.55. The van der Waals surface area contributed by atoms with Crippen LogP contribution in [0.2, 0.25) is 5.15 Å². The normalized spacial score (nSPS) is 9.27. The highest BCUT2D eigenvalue weighted by Gasteiger charge is 2.04. The van der Waals surface area contributed by atoms with Crippen LogP contribution in [0.3, 0.4) is 0 Å². The zero-order valence-corrected chi connectivity index (χ0v) is 6.76. The molecule has 11 heavy (non-hydrogen) atoms. The summed E-state index contributed by atoms with van der Waals surface area (Å²) >= 11 is 10.5. The van der Waals surface area contributed by atoms with Gasteiger partial charge in [-0.05, 0) is 12.1 Å². The Kier molecular flexibility index (Phi) is 2.68. The molecule has 0 saturated carbocycles. The molecule has 0 unspecified atom stereocenters. The Bertz CT molecular complexity index is 277. The van der Waals surface area contributed by atoms with Crippen molar-refractivity contribution >= 4 is 28.6 Å².